The van der Waals surface area contributed by atoms with Crippen molar-refractivity contribution in [2.45, 2.75) is 6.04 Å². The Morgan fingerprint density at radius 2 is 1.70 bits per heavy atom. The molecular formula is C18H15NO4. The van der Waals surface area contributed by atoms with Gasteiger partial charge in [0, 0.05) is 5.56 Å². The molecule has 0 aromatic heterocycles. The number of amides is 1. The Morgan fingerprint density at radius 3 is 2.30 bits per heavy atom. The van der Waals surface area contributed by atoms with Crippen LogP contribution in [0.2, 0.25) is 0 Å². The topological polar surface area (TPSA) is 75.6 Å². The number of carbonyl (C=O) groups is 2. The molecule has 116 valence electrons. The smallest absolute Gasteiger partial charge is 0.293 e. The molecule has 3 rings (SSSR count). The van der Waals surface area contributed by atoms with E-state index in [4.69, 9.17) is 4.74 Å². The molecule has 2 aromatic rings. The van der Waals surface area contributed by atoms with Crippen LogP contribution in [0.25, 0.3) is 5.76 Å². The second-order valence-corrected chi connectivity index (χ2v) is 5.14. The third-order valence-electron chi connectivity index (χ3n) is 3.77. The monoisotopic (exact) mass is 309 g/mol. The first kappa shape index (κ1) is 14.8. The highest BCUT2D eigenvalue weighted by Crippen LogP contribution is 2.33. The largest absolute Gasteiger partial charge is 0.507 e. The van der Waals surface area contributed by atoms with Crippen molar-refractivity contribution in [2.75, 3.05) is 7.11 Å². The first-order valence-corrected chi connectivity index (χ1v) is 7.09. The van der Waals surface area contributed by atoms with E-state index in [0.29, 0.717) is 11.3 Å². The van der Waals surface area contributed by atoms with Gasteiger partial charge in [0.1, 0.15) is 11.5 Å². The van der Waals surface area contributed by atoms with Gasteiger partial charge in [-0.2, -0.15) is 0 Å². The number of ketones is 1. The maximum atomic E-state index is 12.2. The fourth-order valence-electron chi connectivity index (χ4n) is 2.57. The molecule has 5 nitrogen and oxygen atoms in total. The number of rotatable bonds is 3. The summed E-state index contributed by atoms with van der Waals surface area (Å²) in [5.41, 5.74) is 1.25. The third kappa shape index (κ3) is 2.68. The van der Waals surface area contributed by atoms with Gasteiger partial charge in [-0.15, -0.1) is 0 Å². The molecule has 0 saturated carbocycles. The van der Waals surface area contributed by atoms with E-state index in [1.807, 2.05) is 18.2 Å². The van der Waals surface area contributed by atoms with Gasteiger partial charge in [0.15, 0.2) is 0 Å². The molecule has 1 fully saturated rings. The maximum absolute atomic E-state index is 12.2. The number of benzene rings is 2. The van der Waals surface area contributed by atoms with Crippen molar-refractivity contribution < 1.29 is 19.4 Å². The molecule has 0 bridgehead atoms. The second-order valence-electron chi connectivity index (χ2n) is 5.14. The standard InChI is InChI=1S/C18H15NO4/c1-23-13-9-7-12(8-10-13)16(20)14-15(19-18(22)17(14)21)11-5-3-2-4-6-11/h2-10,15,20H,1H3,(H,19,22)/b16-14+/t15-/m0/s1. The van der Waals surface area contributed by atoms with Gasteiger partial charge in [0.2, 0.25) is 0 Å². The lowest BCUT2D eigenvalue weighted by atomic mass is 9.96. The number of methoxy groups -OCH3 is 1. The number of ether oxygens (including phenoxy) is 1. The number of hydrogen-bond acceptors (Lipinski definition) is 4. The lowest BCUT2D eigenvalue weighted by Gasteiger charge is -2.13. The summed E-state index contributed by atoms with van der Waals surface area (Å²) < 4.78 is 5.07. The minimum atomic E-state index is -0.716. The van der Waals surface area contributed by atoms with E-state index >= 15 is 0 Å². The maximum Gasteiger partial charge on any atom is 0.293 e. The van der Waals surface area contributed by atoms with Crippen LogP contribution in [0, 0.1) is 0 Å². The van der Waals surface area contributed by atoms with Crippen LogP contribution in [0.1, 0.15) is 17.2 Å². The molecular weight excluding hydrogens is 294 g/mol. The summed E-state index contributed by atoms with van der Waals surface area (Å²) in [4.78, 5) is 24.0. The number of hydrogen-bond donors (Lipinski definition) is 2. The molecule has 0 spiro atoms. The van der Waals surface area contributed by atoms with Gasteiger partial charge in [-0.05, 0) is 29.8 Å². The summed E-state index contributed by atoms with van der Waals surface area (Å²) in [6, 6.07) is 15.0. The first-order chi connectivity index (χ1) is 11.1. The molecule has 0 radical (unpaired) electrons. The zero-order valence-corrected chi connectivity index (χ0v) is 12.4. The number of aliphatic hydroxyl groups excluding tert-OH is 1. The van der Waals surface area contributed by atoms with Crippen LogP contribution in [0.15, 0.2) is 60.2 Å². The Labute approximate surface area is 133 Å². The Hall–Kier alpha value is -3.08. The number of aliphatic hydroxyl groups is 1. The highest BCUT2D eigenvalue weighted by molar-refractivity contribution is 6.46. The van der Waals surface area contributed by atoms with Crippen LogP contribution in [0.3, 0.4) is 0 Å². The molecule has 1 amide bonds. The normalized spacial score (nSPS) is 19.4. The molecule has 0 aliphatic carbocycles. The van der Waals surface area contributed by atoms with Crippen LogP contribution in [0.5, 0.6) is 5.75 Å². The van der Waals surface area contributed by atoms with Gasteiger partial charge in [0.05, 0.1) is 18.7 Å². The van der Waals surface area contributed by atoms with Gasteiger partial charge < -0.3 is 15.2 Å². The van der Waals surface area contributed by atoms with Crippen molar-refractivity contribution in [3.8, 4) is 5.75 Å². The molecule has 1 atom stereocenters. The van der Waals surface area contributed by atoms with Gasteiger partial charge in [0.25, 0.3) is 11.7 Å². The molecule has 1 aliphatic heterocycles. The molecule has 1 aliphatic rings. The zero-order chi connectivity index (χ0) is 16.4. The van der Waals surface area contributed by atoms with Crippen molar-refractivity contribution in [1.29, 1.82) is 0 Å². The van der Waals surface area contributed by atoms with E-state index in [0.717, 1.165) is 5.56 Å². The Balaban J connectivity index is 2.08. The van der Waals surface area contributed by atoms with Gasteiger partial charge in [-0.25, -0.2) is 0 Å². The van der Waals surface area contributed by atoms with Crippen molar-refractivity contribution in [2.24, 2.45) is 0 Å². The van der Waals surface area contributed by atoms with E-state index in [-0.39, 0.29) is 11.3 Å². The summed E-state index contributed by atoms with van der Waals surface area (Å²) in [7, 11) is 1.54. The zero-order valence-electron chi connectivity index (χ0n) is 12.4. The second kappa shape index (κ2) is 5.96. The predicted molar refractivity (Wildman–Crippen MR) is 84.9 cm³/mol. The molecule has 5 heteroatoms. The predicted octanol–water partition coefficient (Wildman–Crippen LogP) is 2.40. The Bertz CT molecular complexity index is 778. The van der Waals surface area contributed by atoms with Gasteiger partial charge in [-0.3, -0.25) is 9.59 Å². The van der Waals surface area contributed by atoms with E-state index in [1.165, 1.54) is 0 Å². The average Bonchev–Trinajstić information content (AvgIpc) is 2.90. The molecule has 1 heterocycles. The lowest BCUT2D eigenvalue weighted by molar-refractivity contribution is -0.133. The number of carbonyl (C=O) groups excluding carboxylic acids is 2. The van der Waals surface area contributed by atoms with E-state index in [9.17, 15) is 14.7 Å². The van der Waals surface area contributed by atoms with E-state index in [1.54, 1.807) is 43.5 Å². The average molecular weight is 309 g/mol. The summed E-state index contributed by atoms with van der Waals surface area (Å²) in [6.07, 6.45) is 0. The minimum absolute atomic E-state index is 0.0615. The van der Waals surface area contributed by atoms with Crippen LogP contribution in [-0.4, -0.2) is 23.9 Å². The molecule has 2 aromatic carbocycles. The highest BCUT2D eigenvalue weighted by atomic mass is 16.5. The van der Waals surface area contributed by atoms with Gasteiger partial charge >= 0.3 is 0 Å². The van der Waals surface area contributed by atoms with E-state index in [2.05, 4.69) is 5.32 Å². The minimum Gasteiger partial charge on any atom is -0.507 e. The Morgan fingerprint density at radius 1 is 1.04 bits per heavy atom. The van der Waals surface area contributed by atoms with E-state index < -0.39 is 17.7 Å². The van der Waals surface area contributed by atoms with Crippen LogP contribution < -0.4 is 10.1 Å². The molecule has 23 heavy (non-hydrogen) atoms. The summed E-state index contributed by atoms with van der Waals surface area (Å²) in [6.45, 7) is 0. The van der Waals surface area contributed by atoms with Gasteiger partial charge in [-0.1, -0.05) is 30.3 Å². The SMILES string of the molecule is COc1ccc(/C(O)=C2\C(=O)C(=O)N[C@H]2c2ccccc2)cc1. The van der Waals surface area contributed by atoms with Crippen molar-refractivity contribution in [3.63, 3.8) is 0 Å². The van der Waals surface area contributed by atoms with Crippen LogP contribution in [0.4, 0.5) is 0 Å². The molecule has 1 saturated heterocycles. The highest BCUT2D eigenvalue weighted by Gasteiger charge is 2.39. The number of nitrogens with one attached hydrogen (secondary N) is 1. The molecule has 0 unspecified atom stereocenters. The van der Waals surface area contributed by atoms with Crippen molar-refractivity contribution in [1.82, 2.24) is 5.32 Å². The number of Topliss-reactive ketones (excluding diaryl/α,β-unsaturated/α-hetero) is 1. The quantitative estimate of drug-likeness (QED) is 0.518. The summed E-state index contributed by atoms with van der Waals surface area (Å²) in [5, 5.41) is 13.1. The fourth-order valence-corrected chi connectivity index (χ4v) is 2.57. The Kier molecular flexibility index (Phi) is 3.85. The van der Waals surface area contributed by atoms with Crippen LogP contribution in [-0.2, 0) is 9.59 Å². The first-order valence-electron chi connectivity index (χ1n) is 7.09. The third-order valence-corrected chi connectivity index (χ3v) is 3.77. The molecule has 2 N–H and O–H groups in total. The van der Waals surface area contributed by atoms with Crippen LogP contribution >= 0.6 is 0 Å². The van der Waals surface area contributed by atoms with Crippen molar-refractivity contribution >= 4 is 17.4 Å². The fraction of sp³-hybridized carbons (Fsp3) is 0.111. The van der Waals surface area contributed by atoms with Crippen molar-refractivity contribution in [3.05, 3.63) is 71.3 Å². The lowest BCUT2D eigenvalue weighted by Crippen LogP contribution is -2.21. The summed E-state index contributed by atoms with van der Waals surface area (Å²) in [5.74, 6) is -0.996. The summed E-state index contributed by atoms with van der Waals surface area (Å²) >= 11 is 0.